The van der Waals surface area contributed by atoms with Crippen molar-refractivity contribution in [2.45, 2.75) is 6.92 Å². The molecular formula is C19H12O4. The van der Waals surface area contributed by atoms with Crippen LogP contribution in [0.15, 0.2) is 50.8 Å². The fourth-order valence-electron chi connectivity index (χ4n) is 3.25. The summed E-state index contributed by atoms with van der Waals surface area (Å²) >= 11 is 0. The van der Waals surface area contributed by atoms with Crippen LogP contribution in [0.25, 0.3) is 32.3 Å². The average molecular weight is 304 g/mol. The van der Waals surface area contributed by atoms with Crippen LogP contribution in [0.2, 0.25) is 0 Å². The highest BCUT2D eigenvalue weighted by atomic mass is 16.5. The van der Waals surface area contributed by atoms with Crippen LogP contribution in [0.4, 0.5) is 0 Å². The van der Waals surface area contributed by atoms with Crippen molar-refractivity contribution in [3.63, 3.8) is 0 Å². The van der Waals surface area contributed by atoms with Crippen molar-refractivity contribution < 1.29 is 4.74 Å². The third-order valence-electron chi connectivity index (χ3n) is 4.30. The first kappa shape index (κ1) is 13.6. The van der Waals surface area contributed by atoms with Crippen molar-refractivity contribution in [1.29, 1.82) is 0 Å². The molecule has 0 saturated carbocycles. The highest BCUT2D eigenvalue weighted by molar-refractivity contribution is 6.17. The van der Waals surface area contributed by atoms with E-state index in [1.54, 1.807) is 19.2 Å². The molecule has 0 aliphatic carbocycles. The molecule has 0 aromatic heterocycles. The van der Waals surface area contributed by atoms with Gasteiger partial charge in [0.25, 0.3) is 0 Å². The second kappa shape index (κ2) is 4.49. The lowest BCUT2D eigenvalue weighted by Gasteiger charge is -2.04. The number of hydrogen-bond donors (Lipinski definition) is 0. The molecule has 0 atom stereocenters. The van der Waals surface area contributed by atoms with Crippen LogP contribution in [-0.4, -0.2) is 7.11 Å². The molecule has 0 amide bonds. The Labute approximate surface area is 130 Å². The molecule has 0 bridgehead atoms. The van der Waals surface area contributed by atoms with Crippen LogP contribution in [-0.2, 0) is 0 Å². The Hall–Kier alpha value is -3.01. The molecule has 0 unspecified atom stereocenters. The van der Waals surface area contributed by atoms with E-state index in [4.69, 9.17) is 4.74 Å². The van der Waals surface area contributed by atoms with E-state index in [1.807, 2.05) is 13.0 Å². The summed E-state index contributed by atoms with van der Waals surface area (Å²) in [5.74, 6) is 0.595. The van der Waals surface area contributed by atoms with Gasteiger partial charge in [-0.15, -0.1) is 0 Å². The Bertz CT molecular complexity index is 1260. The molecule has 0 spiro atoms. The van der Waals surface area contributed by atoms with E-state index in [2.05, 4.69) is 0 Å². The quantitative estimate of drug-likeness (QED) is 0.542. The molecule has 4 nitrogen and oxygen atoms in total. The van der Waals surface area contributed by atoms with Gasteiger partial charge in [-0.05, 0) is 54.3 Å². The minimum atomic E-state index is -0.255. The van der Waals surface area contributed by atoms with Crippen LogP contribution in [0.5, 0.6) is 5.75 Å². The number of aryl methyl sites for hydroxylation is 1. The van der Waals surface area contributed by atoms with E-state index in [-0.39, 0.29) is 21.7 Å². The molecule has 4 aromatic carbocycles. The van der Waals surface area contributed by atoms with Crippen LogP contribution in [0.1, 0.15) is 5.56 Å². The van der Waals surface area contributed by atoms with Crippen molar-refractivity contribution in [3.05, 3.63) is 72.6 Å². The van der Waals surface area contributed by atoms with Gasteiger partial charge < -0.3 is 4.74 Å². The van der Waals surface area contributed by atoms with E-state index >= 15 is 0 Å². The van der Waals surface area contributed by atoms with Gasteiger partial charge in [-0.2, -0.15) is 0 Å². The van der Waals surface area contributed by atoms with Crippen molar-refractivity contribution in [2.75, 3.05) is 7.11 Å². The molecule has 23 heavy (non-hydrogen) atoms. The van der Waals surface area contributed by atoms with E-state index in [9.17, 15) is 14.4 Å². The van der Waals surface area contributed by atoms with E-state index in [0.717, 1.165) is 5.56 Å². The number of hydrogen-bond acceptors (Lipinski definition) is 4. The summed E-state index contributed by atoms with van der Waals surface area (Å²) in [6.45, 7) is 1.89. The smallest absolute Gasteiger partial charge is 0.194 e. The maximum absolute atomic E-state index is 12.7. The van der Waals surface area contributed by atoms with E-state index < -0.39 is 0 Å². The van der Waals surface area contributed by atoms with Crippen LogP contribution >= 0.6 is 0 Å². The zero-order valence-corrected chi connectivity index (χ0v) is 12.6. The molecule has 0 aliphatic heterocycles. The molecular weight excluding hydrogens is 292 g/mol. The molecule has 4 heteroatoms. The Morgan fingerprint density at radius 1 is 0.739 bits per heavy atom. The monoisotopic (exact) mass is 304 g/mol. The minimum Gasteiger partial charge on any atom is -0.496 e. The van der Waals surface area contributed by atoms with Gasteiger partial charge in [0.05, 0.1) is 7.11 Å². The lowest BCUT2D eigenvalue weighted by Crippen LogP contribution is -2.09. The van der Waals surface area contributed by atoms with Crippen molar-refractivity contribution >= 4 is 32.3 Å². The second-order valence-corrected chi connectivity index (χ2v) is 5.72. The summed E-state index contributed by atoms with van der Waals surface area (Å²) < 4.78 is 5.42. The fourth-order valence-corrected chi connectivity index (χ4v) is 3.25. The van der Waals surface area contributed by atoms with Crippen molar-refractivity contribution in [3.8, 4) is 5.75 Å². The number of rotatable bonds is 1. The highest BCUT2D eigenvalue weighted by Gasteiger charge is 2.17. The third-order valence-corrected chi connectivity index (χ3v) is 4.30. The summed E-state index contributed by atoms with van der Waals surface area (Å²) in [7, 11) is 1.55. The third kappa shape index (κ3) is 1.75. The number of benzene rings is 3. The van der Waals surface area contributed by atoms with Gasteiger partial charge in [-0.1, -0.05) is 0 Å². The van der Waals surface area contributed by atoms with Crippen LogP contribution in [0, 0.1) is 6.92 Å². The molecule has 0 saturated heterocycles. The molecule has 4 rings (SSSR count). The zero-order valence-electron chi connectivity index (χ0n) is 12.6. The minimum absolute atomic E-state index is 0.144. The second-order valence-electron chi connectivity index (χ2n) is 5.72. The van der Waals surface area contributed by atoms with E-state index in [1.165, 1.54) is 18.2 Å². The molecule has 0 fully saturated rings. The Kier molecular flexibility index (Phi) is 2.66. The first-order valence-corrected chi connectivity index (χ1v) is 7.19. The summed E-state index contributed by atoms with van der Waals surface area (Å²) in [6.07, 6.45) is 0. The van der Waals surface area contributed by atoms with E-state index in [0.29, 0.717) is 32.7 Å². The fraction of sp³-hybridized carbons (Fsp3) is 0.105. The topological polar surface area (TPSA) is 60.4 Å². The van der Waals surface area contributed by atoms with Crippen LogP contribution < -0.4 is 21.0 Å². The molecule has 0 heterocycles. The Morgan fingerprint density at radius 2 is 1.35 bits per heavy atom. The van der Waals surface area contributed by atoms with Crippen molar-refractivity contribution in [1.82, 2.24) is 0 Å². The summed E-state index contributed by atoms with van der Waals surface area (Å²) in [5.41, 5.74) is 0.290. The van der Waals surface area contributed by atoms with Gasteiger partial charge in [0.15, 0.2) is 16.3 Å². The Morgan fingerprint density at radius 3 is 1.96 bits per heavy atom. The predicted octanol–water partition coefficient (Wildman–Crippen LogP) is 2.42. The first-order chi connectivity index (χ1) is 11.0. The predicted molar refractivity (Wildman–Crippen MR) is 91.4 cm³/mol. The Balaban J connectivity index is 2.38. The molecule has 0 N–H and O–H groups in total. The first-order valence-electron chi connectivity index (χ1n) is 7.19. The average Bonchev–Trinajstić information content (AvgIpc) is 2.82. The van der Waals surface area contributed by atoms with Gasteiger partial charge >= 0.3 is 0 Å². The van der Waals surface area contributed by atoms with Gasteiger partial charge in [0.2, 0.25) is 0 Å². The number of ether oxygens (including phenoxy) is 1. The van der Waals surface area contributed by atoms with Crippen molar-refractivity contribution in [2.24, 2.45) is 0 Å². The van der Waals surface area contributed by atoms with Gasteiger partial charge in [0.1, 0.15) is 5.75 Å². The lowest BCUT2D eigenvalue weighted by molar-refractivity contribution is 0.420. The summed E-state index contributed by atoms with van der Waals surface area (Å²) in [5, 5.41) is 2.95. The normalized spacial score (nSPS) is 11.6. The number of fused-ring (bicyclic) bond motifs is 4. The SMILES string of the molecule is COc1cc(C)cc2c(=O)c3cc4c(=O)ccc(=O)c4cc3c12. The largest absolute Gasteiger partial charge is 0.496 e. The molecule has 112 valence electrons. The zero-order chi connectivity index (χ0) is 16.3. The van der Waals surface area contributed by atoms with Gasteiger partial charge in [-0.3, -0.25) is 14.4 Å². The number of methoxy groups -OCH3 is 1. The maximum Gasteiger partial charge on any atom is 0.194 e. The summed E-state index contributed by atoms with van der Waals surface area (Å²) in [6, 6.07) is 9.34. The highest BCUT2D eigenvalue weighted by Crippen LogP contribution is 2.34. The molecule has 0 radical (unpaired) electrons. The summed E-state index contributed by atoms with van der Waals surface area (Å²) in [4.78, 5) is 36.8. The standard InChI is InChI=1S/C19H12O4/c1-9-5-14-18(17(6-9)23-2)12-7-10-11(8-13(12)19(14)22)16(21)4-3-15(10)20/h3-8H,1-2H3. The lowest BCUT2D eigenvalue weighted by atomic mass is 10.0. The van der Waals surface area contributed by atoms with Gasteiger partial charge in [0, 0.05) is 26.9 Å². The maximum atomic E-state index is 12.7. The molecule has 4 aromatic rings. The van der Waals surface area contributed by atoms with Gasteiger partial charge in [-0.25, -0.2) is 0 Å². The molecule has 0 aliphatic rings. The van der Waals surface area contributed by atoms with Crippen LogP contribution in [0.3, 0.4) is 0 Å².